The highest BCUT2D eigenvalue weighted by atomic mass is 32.2. The number of hydrogen-bond donors (Lipinski definition) is 2. The topological polar surface area (TPSA) is 88.8 Å². The van der Waals surface area contributed by atoms with Gasteiger partial charge in [0.1, 0.15) is 10.7 Å². The highest BCUT2D eigenvalue weighted by Crippen LogP contribution is 2.25. The molecular weight excluding hydrogens is 245 g/mol. The minimum absolute atomic E-state index is 0.152. The zero-order chi connectivity index (χ0) is 12.6. The Kier molecular flexibility index (Phi) is 2.72. The Balaban J connectivity index is 2.62. The first kappa shape index (κ1) is 11.7. The summed E-state index contributed by atoms with van der Waals surface area (Å²) >= 11 is 0. The Hall–Kier alpha value is -1.73. The number of sulfonamides is 1. The zero-order valence-corrected chi connectivity index (χ0v) is 9.75. The molecule has 0 unspecified atom stereocenters. The number of H-pyrrole nitrogens is 1. The summed E-state index contributed by atoms with van der Waals surface area (Å²) in [6.45, 7) is 1.62. The molecule has 0 bridgehead atoms. The third-order valence-electron chi connectivity index (χ3n) is 2.37. The maximum absolute atomic E-state index is 13.4. The molecule has 0 aliphatic heterocycles. The number of aryl methyl sites for hydroxylation is 1. The summed E-state index contributed by atoms with van der Waals surface area (Å²) in [6.07, 6.45) is 1.10. The Labute approximate surface area is 97.5 Å². The number of nitrogens with one attached hydrogen (secondary N) is 1. The minimum atomic E-state index is -3.88. The molecule has 2 rings (SSSR count). The lowest BCUT2D eigenvalue weighted by atomic mass is 10.1. The molecule has 3 N–H and O–H groups in total. The molecule has 0 spiro atoms. The largest absolute Gasteiger partial charge is 0.276 e. The van der Waals surface area contributed by atoms with Gasteiger partial charge in [-0.1, -0.05) is 12.1 Å². The van der Waals surface area contributed by atoms with Crippen molar-refractivity contribution in [2.45, 2.75) is 11.8 Å². The number of nitrogens with zero attached hydrogens (tertiary/aromatic N) is 1. The molecule has 0 fully saturated rings. The second-order valence-electron chi connectivity index (χ2n) is 3.62. The van der Waals surface area contributed by atoms with Crippen molar-refractivity contribution in [3.05, 3.63) is 35.8 Å². The summed E-state index contributed by atoms with van der Waals surface area (Å²) in [6, 6.07) is 4.39. The van der Waals surface area contributed by atoms with Crippen LogP contribution in [0.15, 0.2) is 29.3 Å². The van der Waals surface area contributed by atoms with Crippen molar-refractivity contribution >= 4 is 10.0 Å². The van der Waals surface area contributed by atoms with E-state index in [2.05, 4.69) is 10.2 Å². The molecule has 1 aromatic carbocycles. The van der Waals surface area contributed by atoms with Crippen LogP contribution in [0.5, 0.6) is 0 Å². The van der Waals surface area contributed by atoms with Crippen LogP contribution in [-0.4, -0.2) is 18.6 Å². The molecular formula is C10H10FN3O2S. The van der Waals surface area contributed by atoms with Crippen LogP contribution in [0, 0.1) is 12.7 Å². The van der Waals surface area contributed by atoms with Crippen LogP contribution in [0.1, 0.15) is 5.56 Å². The third kappa shape index (κ3) is 2.20. The van der Waals surface area contributed by atoms with Crippen molar-refractivity contribution in [2.24, 2.45) is 5.14 Å². The van der Waals surface area contributed by atoms with Gasteiger partial charge in [-0.25, -0.2) is 17.9 Å². The standard InChI is InChI=1S/C10H10FN3O2S/c1-6-2-3-7(4-8(6)11)10-9(5-13-14-10)17(12,15)16/h2-5H,1H3,(H,13,14)(H2,12,15,16). The number of aromatic amines is 1. The quantitative estimate of drug-likeness (QED) is 0.844. The molecule has 0 saturated heterocycles. The second kappa shape index (κ2) is 3.94. The van der Waals surface area contributed by atoms with Crippen LogP contribution in [0.3, 0.4) is 0 Å². The molecule has 0 radical (unpaired) electrons. The molecule has 17 heavy (non-hydrogen) atoms. The lowest BCUT2D eigenvalue weighted by molar-refractivity contribution is 0.598. The van der Waals surface area contributed by atoms with E-state index in [1.54, 1.807) is 19.1 Å². The molecule has 1 aromatic heterocycles. The van der Waals surface area contributed by atoms with Crippen molar-refractivity contribution in [2.75, 3.05) is 0 Å². The van der Waals surface area contributed by atoms with Crippen LogP contribution < -0.4 is 5.14 Å². The van der Waals surface area contributed by atoms with Gasteiger partial charge < -0.3 is 0 Å². The van der Waals surface area contributed by atoms with Crippen molar-refractivity contribution in [1.29, 1.82) is 0 Å². The first-order chi connectivity index (χ1) is 7.89. The van der Waals surface area contributed by atoms with Gasteiger partial charge in [0.15, 0.2) is 0 Å². The van der Waals surface area contributed by atoms with E-state index < -0.39 is 15.8 Å². The Morgan fingerprint density at radius 2 is 2.12 bits per heavy atom. The first-order valence-electron chi connectivity index (χ1n) is 4.72. The van der Waals surface area contributed by atoms with Gasteiger partial charge in [-0.05, 0) is 18.6 Å². The van der Waals surface area contributed by atoms with Crippen LogP contribution >= 0.6 is 0 Å². The van der Waals surface area contributed by atoms with Crippen LogP contribution in [0.25, 0.3) is 11.3 Å². The molecule has 0 aliphatic rings. The number of halogens is 1. The Morgan fingerprint density at radius 1 is 1.41 bits per heavy atom. The van der Waals surface area contributed by atoms with Gasteiger partial charge in [0, 0.05) is 5.56 Å². The van der Waals surface area contributed by atoms with E-state index in [1.807, 2.05) is 0 Å². The number of nitrogens with two attached hydrogens (primary N) is 1. The average molecular weight is 255 g/mol. The van der Waals surface area contributed by atoms with Crippen molar-refractivity contribution < 1.29 is 12.8 Å². The molecule has 0 amide bonds. The lowest BCUT2D eigenvalue weighted by Crippen LogP contribution is -2.12. The minimum Gasteiger partial charge on any atom is -0.276 e. The summed E-state index contributed by atoms with van der Waals surface area (Å²) in [7, 11) is -3.88. The highest BCUT2D eigenvalue weighted by molar-refractivity contribution is 7.89. The number of benzene rings is 1. The van der Waals surface area contributed by atoms with Crippen LogP contribution in [0.2, 0.25) is 0 Å². The predicted octanol–water partition coefficient (Wildman–Crippen LogP) is 1.17. The van der Waals surface area contributed by atoms with Gasteiger partial charge in [-0.15, -0.1) is 0 Å². The second-order valence-corrected chi connectivity index (χ2v) is 5.15. The molecule has 1 heterocycles. The monoisotopic (exact) mass is 255 g/mol. The molecule has 7 heteroatoms. The molecule has 0 atom stereocenters. The summed E-state index contributed by atoms with van der Waals surface area (Å²) in [5.74, 6) is -0.419. The highest BCUT2D eigenvalue weighted by Gasteiger charge is 2.18. The fraction of sp³-hybridized carbons (Fsp3) is 0.100. The maximum Gasteiger partial charge on any atom is 0.241 e. The molecule has 90 valence electrons. The average Bonchev–Trinajstić information content (AvgIpc) is 2.70. The molecule has 0 aliphatic carbocycles. The smallest absolute Gasteiger partial charge is 0.241 e. The summed E-state index contributed by atoms with van der Waals surface area (Å²) in [5, 5.41) is 11.1. The van der Waals surface area contributed by atoms with E-state index in [0.29, 0.717) is 11.1 Å². The lowest BCUT2D eigenvalue weighted by Gasteiger charge is -2.03. The van der Waals surface area contributed by atoms with Crippen molar-refractivity contribution in [3.8, 4) is 11.3 Å². The van der Waals surface area contributed by atoms with Gasteiger partial charge in [0.2, 0.25) is 10.0 Å². The number of rotatable bonds is 2. The van der Waals surface area contributed by atoms with Crippen LogP contribution in [0.4, 0.5) is 4.39 Å². The molecule has 2 aromatic rings. The molecule has 0 saturated carbocycles. The fourth-order valence-electron chi connectivity index (χ4n) is 1.45. The number of hydrogen-bond acceptors (Lipinski definition) is 3. The normalized spacial score (nSPS) is 11.7. The Bertz CT molecular complexity index is 664. The van der Waals surface area contributed by atoms with Gasteiger partial charge in [0.05, 0.1) is 11.9 Å². The maximum atomic E-state index is 13.4. The van der Waals surface area contributed by atoms with Gasteiger partial charge in [-0.3, -0.25) is 5.10 Å². The summed E-state index contributed by atoms with van der Waals surface area (Å²) in [5.41, 5.74) is 1.05. The van der Waals surface area contributed by atoms with Gasteiger partial charge >= 0.3 is 0 Å². The summed E-state index contributed by atoms with van der Waals surface area (Å²) in [4.78, 5) is -0.152. The van der Waals surface area contributed by atoms with E-state index in [4.69, 9.17) is 5.14 Å². The fourth-order valence-corrected chi connectivity index (χ4v) is 2.09. The van der Waals surface area contributed by atoms with Crippen molar-refractivity contribution in [3.63, 3.8) is 0 Å². The van der Waals surface area contributed by atoms with Gasteiger partial charge in [-0.2, -0.15) is 5.10 Å². The van der Waals surface area contributed by atoms with Crippen LogP contribution in [-0.2, 0) is 10.0 Å². The van der Waals surface area contributed by atoms with E-state index >= 15 is 0 Å². The van der Waals surface area contributed by atoms with Gasteiger partial charge in [0.25, 0.3) is 0 Å². The van der Waals surface area contributed by atoms with E-state index in [1.165, 1.54) is 6.07 Å². The SMILES string of the molecule is Cc1ccc(-c2[nH]ncc2S(N)(=O)=O)cc1F. The van der Waals surface area contributed by atoms with E-state index in [-0.39, 0.29) is 10.6 Å². The summed E-state index contributed by atoms with van der Waals surface area (Å²) < 4.78 is 35.9. The number of primary sulfonamides is 1. The predicted molar refractivity (Wildman–Crippen MR) is 60.1 cm³/mol. The zero-order valence-electron chi connectivity index (χ0n) is 8.94. The third-order valence-corrected chi connectivity index (χ3v) is 3.29. The van der Waals surface area contributed by atoms with E-state index in [0.717, 1.165) is 6.20 Å². The van der Waals surface area contributed by atoms with Crippen molar-refractivity contribution in [1.82, 2.24) is 10.2 Å². The first-order valence-corrected chi connectivity index (χ1v) is 6.27. The molecule has 5 nitrogen and oxygen atoms in total. The number of aromatic nitrogens is 2. The van der Waals surface area contributed by atoms with E-state index in [9.17, 15) is 12.8 Å². The Morgan fingerprint density at radius 3 is 2.71 bits per heavy atom.